The molecule has 0 spiro atoms. The predicted molar refractivity (Wildman–Crippen MR) is 64.1 cm³/mol. The van der Waals surface area contributed by atoms with E-state index in [1.54, 1.807) is 23.9 Å². The topological polar surface area (TPSA) is 38.9 Å². The number of hydrogen-bond acceptors (Lipinski definition) is 3. The maximum atomic E-state index is 5.96. The van der Waals surface area contributed by atoms with Crippen LogP contribution in [0.3, 0.4) is 0 Å². The Bertz CT molecular complexity index is 307. The van der Waals surface area contributed by atoms with Crippen molar-refractivity contribution < 1.29 is 0 Å². The minimum atomic E-state index is 0.409. The molecule has 1 atom stereocenters. The van der Waals surface area contributed by atoms with Crippen LogP contribution < -0.4 is 5.73 Å². The Morgan fingerprint density at radius 3 is 2.86 bits per heavy atom. The van der Waals surface area contributed by atoms with Crippen molar-refractivity contribution >= 4 is 35.0 Å². The van der Waals surface area contributed by atoms with Crippen LogP contribution in [0.4, 0.5) is 0 Å². The van der Waals surface area contributed by atoms with Crippen LogP contribution in [0.15, 0.2) is 12.1 Å². The van der Waals surface area contributed by atoms with E-state index in [-0.39, 0.29) is 0 Å². The number of hydrogen-bond donors (Lipinski definition) is 1. The molecule has 0 saturated carbocycles. The lowest BCUT2D eigenvalue weighted by Gasteiger charge is -2.08. The average Bonchev–Trinajstić information content (AvgIpc) is 2.19. The summed E-state index contributed by atoms with van der Waals surface area (Å²) in [6, 6.07) is 3.45. The van der Waals surface area contributed by atoms with E-state index in [1.165, 1.54) is 0 Å². The minimum absolute atomic E-state index is 0.409. The monoisotopic (exact) mass is 250 g/mol. The fourth-order valence-electron chi connectivity index (χ4n) is 0.848. The van der Waals surface area contributed by atoms with Gasteiger partial charge in [-0.15, -0.1) is 0 Å². The quantitative estimate of drug-likeness (QED) is 0.836. The Labute approximate surface area is 98.2 Å². The zero-order valence-electron chi connectivity index (χ0n) is 7.84. The van der Waals surface area contributed by atoms with E-state index in [4.69, 9.17) is 28.9 Å². The summed E-state index contributed by atoms with van der Waals surface area (Å²) in [4.78, 5) is 4.15. The fourth-order valence-corrected chi connectivity index (χ4v) is 2.06. The normalized spacial score (nSPS) is 12.9. The Morgan fingerprint density at radius 2 is 2.21 bits per heavy atom. The summed E-state index contributed by atoms with van der Waals surface area (Å²) in [5.41, 5.74) is 6.33. The van der Waals surface area contributed by atoms with E-state index < -0.39 is 0 Å². The number of nitrogens with zero attached hydrogens (tertiary/aromatic N) is 1. The molecule has 0 saturated heterocycles. The van der Waals surface area contributed by atoms with Crippen molar-refractivity contribution in [3.63, 3.8) is 0 Å². The van der Waals surface area contributed by atoms with Gasteiger partial charge in [-0.2, -0.15) is 11.8 Å². The fraction of sp³-hybridized carbons (Fsp3) is 0.444. The molecule has 0 bridgehead atoms. The SMILES string of the molecule is CC(CN)SCc1nc(Cl)ccc1Cl. The standard InChI is InChI=1S/C9H12Cl2N2S/c1-6(4-12)14-5-8-7(10)2-3-9(11)13-8/h2-3,6H,4-5,12H2,1H3. The number of thioether (sulfide) groups is 1. The molecule has 1 aromatic rings. The smallest absolute Gasteiger partial charge is 0.129 e. The molecule has 5 heteroatoms. The third kappa shape index (κ3) is 3.65. The highest BCUT2D eigenvalue weighted by Gasteiger charge is 2.06. The highest BCUT2D eigenvalue weighted by Crippen LogP contribution is 2.23. The molecule has 78 valence electrons. The van der Waals surface area contributed by atoms with Crippen molar-refractivity contribution in [2.24, 2.45) is 5.73 Å². The molecule has 14 heavy (non-hydrogen) atoms. The molecular formula is C9H12Cl2N2S. The first-order valence-electron chi connectivity index (χ1n) is 4.26. The first kappa shape index (κ1) is 12.1. The highest BCUT2D eigenvalue weighted by atomic mass is 35.5. The van der Waals surface area contributed by atoms with Crippen LogP contribution in [0.2, 0.25) is 10.2 Å². The summed E-state index contributed by atoms with van der Waals surface area (Å²) in [7, 11) is 0. The van der Waals surface area contributed by atoms with Gasteiger partial charge >= 0.3 is 0 Å². The van der Waals surface area contributed by atoms with Gasteiger partial charge in [0.15, 0.2) is 0 Å². The van der Waals surface area contributed by atoms with Gasteiger partial charge in [-0.25, -0.2) is 4.98 Å². The van der Waals surface area contributed by atoms with Crippen molar-refractivity contribution in [1.29, 1.82) is 0 Å². The largest absolute Gasteiger partial charge is 0.329 e. The molecule has 1 rings (SSSR count). The van der Waals surface area contributed by atoms with Crippen LogP contribution in [-0.4, -0.2) is 16.8 Å². The van der Waals surface area contributed by atoms with Gasteiger partial charge in [-0.1, -0.05) is 30.1 Å². The van der Waals surface area contributed by atoms with Crippen molar-refractivity contribution in [1.82, 2.24) is 4.98 Å². The number of nitrogens with two attached hydrogens (primary N) is 1. The molecule has 0 radical (unpaired) electrons. The second kappa shape index (κ2) is 5.81. The van der Waals surface area contributed by atoms with Crippen LogP contribution in [0.5, 0.6) is 0 Å². The van der Waals surface area contributed by atoms with Crippen molar-refractivity contribution in [2.45, 2.75) is 17.9 Å². The number of pyridine rings is 1. The van der Waals surface area contributed by atoms with Crippen molar-refractivity contribution in [2.75, 3.05) is 6.54 Å². The van der Waals surface area contributed by atoms with E-state index in [1.807, 2.05) is 0 Å². The number of aromatic nitrogens is 1. The van der Waals surface area contributed by atoms with Gasteiger partial charge in [0.25, 0.3) is 0 Å². The van der Waals surface area contributed by atoms with Gasteiger partial charge < -0.3 is 5.73 Å². The average molecular weight is 251 g/mol. The van der Waals surface area contributed by atoms with Gasteiger partial charge in [-0.05, 0) is 12.1 Å². The lowest BCUT2D eigenvalue weighted by molar-refractivity contribution is 0.949. The molecule has 2 nitrogen and oxygen atoms in total. The Hall–Kier alpha value is 0.0400. The first-order chi connectivity index (χ1) is 6.63. The summed E-state index contributed by atoms with van der Waals surface area (Å²) in [6.45, 7) is 2.73. The molecule has 1 unspecified atom stereocenters. The van der Waals surface area contributed by atoms with Gasteiger partial charge in [0.2, 0.25) is 0 Å². The van der Waals surface area contributed by atoms with Crippen LogP contribution in [0.25, 0.3) is 0 Å². The zero-order chi connectivity index (χ0) is 10.6. The minimum Gasteiger partial charge on any atom is -0.329 e. The third-order valence-electron chi connectivity index (χ3n) is 1.72. The van der Waals surface area contributed by atoms with Gasteiger partial charge in [0, 0.05) is 17.5 Å². The molecule has 2 N–H and O–H groups in total. The van der Waals surface area contributed by atoms with Crippen LogP contribution in [0, 0.1) is 0 Å². The zero-order valence-corrected chi connectivity index (χ0v) is 10.2. The summed E-state index contributed by atoms with van der Waals surface area (Å²) < 4.78 is 0. The summed E-state index contributed by atoms with van der Waals surface area (Å²) in [5.74, 6) is 0.748. The molecule has 1 aromatic heterocycles. The van der Waals surface area contributed by atoms with E-state index in [0.717, 1.165) is 11.4 Å². The highest BCUT2D eigenvalue weighted by molar-refractivity contribution is 7.99. The number of halogens is 2. The van der Waals surface area contributed by atoms with Crippen molar-refractivity contribution in [3.8, 4) is 0 Å². The van der Waals surface area contributed by atoms with E-state index in [0.29, 0.717) is 22.0 Å². The van der Waals surface area contributed by atoms with E-state index >= 15 is 0 Å². The summed E-state index contributed by atoms with van der Waals surface area (Å²) >= 11 is 13.4. The molecule has 0 aliphatic heterocycles. The van der Waals surface area contributed by atoms with Gasteiger partial charge in [0.1, 0.15) is 5.15 Å². The Balaban J connectivity index is 2.62. The molecule has 0 fully saturated rings. The lowest BCUT2D eigenvalue weighted by atomic mass is 10.4. The van der Waals surface area contributed by atoms with Crippen LogP contribution in [-0.2, 0) is 5.75 Å². The molecular weight excluding hydrogens is 239 g/mol. The Morgan fingerprint density at radius 1 is 1.50 bits per heavy atom. The van der Waals surface area contributed by atoms with E-state index in [2.05, 4.69) is 11.9 Å². The maximum Gasteiger partial charge on any atom is 0.129 e. The Kier molecular flexibility index (Phi) is 5.02. The second-order valence-electron chi connectivity index (χ2n) is 2.92. The van der Waals surface area contributed by atoms with Gasteiger partial charge in [-0.3, -0.25) is 0 Å². The molecule has 0 aliphatic carbocycles. The summed E-state index contributed by atoms with van der Waals surface area (Å²) in [6.07, 6.45) is 0. The van der Waals surface area contributed by atoms with Crippen LogP contribution >= 0.6 is 35.0 Å². The lowest BCUT2D eigenvalue weighted by Crippen LogP contribution is -2.12. The molecule has 1 heterocycles. The van der Waals surface area contributed by atoms with Gasteiger partial charge in [0.05, 0.1) is 10.7 Å². The molecule has 0 amide bonds. The van der Waals surface area contributed by atoms with Crippen LogP contribution in [0.1, 0.15) is 12.6 Å². The molecule has 0 aliphatic rings. The predicted octanol–water partition coefficient (Wildman–Crippen LogP) is 2.97. The molecule has 0 aromatic carbocycles. The second-order valence-corrected chi connectivity index (χ2v) is 5.14. The van der Waals surface area contributed by atoms with E-state index in [9.17, 15) is 0 Å². The summed E-state index contributed by atoms with van der Waals surface area (Å²) in [5, 5.41) is 1.54. The number of rotatable bonds is 4. The third-order valence-corrected chi connectivity index (χ3v) is 3.48. The first-order valence-corrected chi connectivity index (χ1v) is 6.06. The maximum absolute atomic E-state index is 5.96. The van der Waals surface area contributed by atoms with Crippen molar-refractivity contribution in [3.05, 3.63) is 28.0 Å².